The van der Waals surface area contributed by atoms with Crippen molar-refractivity contribution in [2.45, 2.75) is 38.2 Å². The lowest BCUT2D eigenvalue weighted by Crippen LogP contribution is -2.50. The molecule has 224 valence electrons. The Morgan fingerprint density at radius 3 is 2.56 bits per heavy atom. The van der Waals surface area contributed by atoms with Crippen LogP contribution in [0.3, 0.4) is 0 Å². The molecule has 0 aliphatic carbocycles. The Balaban J connectivity index is 1.46. The number of carbonyl (C=O) groups excluding carboxylic acids is 3. The van der Waals surface area contributed by atoms with E-state index in [4.69, 9.17) is 9.47 Å². The van der Waals surface area contributed by atoms with E-state index < -0.39 is 47.1 Å². The molecule has 2 N–H and O–H groups in total. The SMILES string of the molecule is CC(=O)OCC(=O)NCCc1ccccc1-c1ccc([C@H]2CN(C(=O)O)CC[C@@]23OC(=O)c2cc(F)c(F)cc23)c(C)c1. The van der Waals surface area contributed by atoms with Gasteiger partial charge in [-0.3, -0.25) is 9.59 Å². The Kier molecular flexibility index (Phi) is 8.16. The summed E-state index contributed by atoms with van der Waals surface area (Å²) in [5.41, 5.74) is 3.08. The maximum Gasteiger partial charge on any atom is 0.407 e. The molecule has 2 aliphatic heterocycles. The minimum absolute atomic E-state index is 0.00906. The second-order valence-corrected chi connectivity index (χ2v) is 10.7. The number of rotatable bonds is 7. The van der Waals surface area contributed by atoms with Gasteiger partial charge in [-0.05, 0) is 53.3 Å². The summed E-state index contributed by atoms with van der Waals surface area (Å²) >= 11 is 0. The predicted octanol–water partition coefficient (Wildman–Crippen LogP) is 4.70. The number of halogens is 2. The molecule has 1 saturated heterocycles. The summed E-state index contributed by atoms with van der Waals surface area (Å²) in [6.45, 7) is 3.12. The van der Waals surface area contributed by atoms with Crippen molar-refractivity contribution in [3.8, 4) is 11.1 Å². The van der Waals surface area contributed by atoms with Gasteiger partial charge in [0.2, 0.25) is 0 Å². The molecule has 9 nitrogen and oxygen atoms in total. The van der Waals surface area contributed by atoms with Crippen molar-refractivity contribution < 1.29 is 42.5 Å². The average Bonchev–Trinajstić information content (AvgIpc) is 3.22. The molecule has 2 atom stereocenters. The van der Waals surface area contributed by atoms with E-state index in [1.165, 1.54) is 11.8 Å². The van der Waals surface area contributed by atoms with E-state index in [1.54, 1.807) is 0 Å². The van der Waals surface area contributed by atoms with Gasteiger partial charge in [0.25, 0.3) is 5.91 Å². The van der Waals surface area contributed by atoms with Crippen LogP contribution in [-0.2, 0) is 31.1 Å². The highest BCUT2D eigenvalue weighted by Crippen LogP contribution is 2.52. The van der Waals surface area contributed by atoms with Crippen molar-refractivity contribution >= 4 is 23.9 Å². The minimum Gasteiger partial charge on any atom is -0.465 e. The molecule has 0 aromatic heterocycles. The Morgan fingerprint density at radius 2 is 1.84 bits per heavy atom. The molecule has 0 radical (unpaired) electrons. The van der Waals surface area contributed by atoms with Crippen LogP contribution in [0.15, 0.2) is 54.6 Å². The number of ether oxygens (including phenoxy) is 2. The lowest BCUT2D eigenvalue weighted by Gasteiger charge is -2.44. The highest BCUT2D eigenvalue weighted by molar-refractivity contribution is 5.95. The van der Waals surface area contributed by atoms with Gasteiger partial charge in [-0.2, -0.15) is 0 Å². The van der Waals surface area contributed by atoms with E-state index in [1.807, 2.05) is 49.4 Å². The monoisotopic (exact) mass is 592 g/mol. The van der Waals surface area contributed by atoms with Gasteiger partial charge in [0.15, 0.2) is 18.2 Å². The number of benzene rings is 3. The Labute approximate surface area is 246 Å². The summed E-state index contributed by atoms with van der Waals surface area (Å²) < 4.78 is 39.1. The molecule has 2 aliphatic rings. The van der Waals surface area contributed by atoms with Crippen LogP contribution in [-0.4, -0.2) is 60.2 Å². The fraction of sp³-hybridized carbons (Fsp3) is 0.312. The molecule has 2 heterocycles. The van der Waals surface area contributed by atoms with Crippen molar-refractivity contribution in [3.63, 3.8) is 0 Å². The summed E-state index contributed by atoms with van der Waals surface area (Å²) in [5.74, 6) is -4.65. The van der Waals surface area contributed by atoms with Crippen LogP contribution in [0, 0.1) is 18.6 Å². The standard InChI is InChI=1S/C32H30F2N2O7/c1-18-13-21(23-6-4-3-5-20(23)9-11-35-29(38)17-42-19(2)37)7-8-22(18)26-16-36(31(40)41)12-10-32(26)25-15-28(34)27(33)14-24(25)30(39)43-32/h3-8,13-15,26H,9-12,16-17H2,1-2H3,(H,35,38)(H,40,41)/t26-,32+/m1/s1. The third kappa shape index (κ3) is 5.79. The number of carboxylic acid groups (broad SMARTS) is 1. The van der Waals surface area contributed by atoms with Gasteiger partial charge < -0.3 is 24.8 Å². The van der Waals surface area contributed by atoms with Gasteiger partial charge in [-0.25, -0.2) is 18.4 Å². The Bertz CT molecular complexity index is 1630. The zero-order valence-electron chi connectivity index (χ0n) is 23.6. The first-order valence-electron chi connectivity index (χ1n) is 13.8. The number of nitrogens with zero attached hydrogens (tertiary/aromatic N) is 1. The molecule has 3 aromatic rings. The fourth-order valence-corrected chi connectivity index (χ4v) is 6.05. The summed E-state index contributed by atoms with van der Waals surface area (Å²) in [5, 5.41) is 12.5. The molecular weight excluding hydrogens is 562 g/mol. The Hall–Kier alpha value is -4.80. The maximum absolute atomic E-state index is 14.4. The smallest absolute Gasteiger partial charge is 0.407 e. The quantitative estimate of drug-likeness (QED) is 0.382. The molecule has 2 amide bonds. The normalized spacial score (nSPS) is 19.1. The maximum atomic E-state index is 14.4. The third-order valence-electron chi connectivity index (χ3n) is 8.10. The van der Waals surface area contributed by atoms with Gasteiger partial charge in [-0.1, -0.05) is 42.5 Å². The number of carbonyl (C=O) groups is 4. The van der Waals surface area contributed by atoms with E-state index >= 15 is 0 Å². The fourth-order valence-electron chi connectivity index (χ4n) is 6.05. The first-order valence-corrected chi connectivity index (χ1v) is 13.8. The minimum atomic E-state index is -1.36. The number of likely N-dealkylation sites (tertiary alicyclic amines) is 1. The van der Waals surface area contributed by atoms with E-state index in [0.717, 1.165) is 39.9 Å². The highest BCUT2D eigenvalue weighted by atomic mass is 19.2. The lowest BCUT2D eigenvalue weighted by atomic mass is 9.71. The van der Waals surface area contributed by atoms with Crippen LogP contribution >= 0.6 is 0 Å². The largest absolute Gasteiger partial charge is 0.465 e. The predicted molar refractivity (Wildman–Crippen MR) is 150 cm³/mol. The molecule has 1 spiro atoms. The number of hydrogen-bond donors (Lipinski definition) is 2. The number of nitrogens with one attached hydrogen (secondary N) is 1. The zero-order valence-corrected chi connectivity index (χ0v) is 23.6. The van der Waals surface area contributed by atoms with Crippen molar-refractivity contribution in [2.75, 3.05) is 26.2 Å². The van der Waals surface area contributed by atoms with Crippen molar-refractivity contribution in [3.05, 3.63) is 94.0 Å². The molecular formula is C32H30F2N2O7. The second kappa shape index (κ2) is 11.8. The van der Waals surface area contributed by atoms with Crippen LogP contribution in [0.4, 0.5) is 13.6 Å². The topological polar surface area (TPSA) is 122 Å². The molecule has 0 unspecified atom stereocenters. The molecule has 1 fully saturated rings. The first kappa shape index (κ1) is 29.7. The Morgan fingerprint density at radius 1 is 1.09 bits per heavy atom. The summed E-state index contributed by atoms with van der Waals surface area (Å²) in [7, 11) is 0. The van der Waals surface area contributed by atoms with Crippen LogP contribution in [0.1, 0.15) is 51.9 Å². The number of piperidine rings is 1. The van der Waals surface area contributed by atoms with E-state index in [-0.39, 0.29) is 37.2 Å². The van der Waals surface area contributed by atoms with E-state index in [9.17, 15) is 33.1 Å². The molecule has 43 heavy (non-hydrogen) atoms. The first-order chi connectivity index (χ1) is 20.5. The summed E-state index contributed by atoms with van der Waals surface area (Å²) in [4.78, 5) is 48.9. The molecule has 0 bridgehead atoms. The average molecular weight is 593 g/mol. The number of amides is 2. The van der Waals surface area contributed by atoms with Crippen LogP contribution in [0.5, 0.6) is 0 Å². The third-order valence-corrected chi connectivity index (χ3v) is 8.10. The number of esters is 2. The van der Waals surface area contributed by atoms with Gasteiger partial charge in [-0.15, -0.1) is 0 Å². The number of aryl methyl sites for hydroxylation is 1. The van der Waals surface area contributed by atoms with Crippen LogP contribution in [0.25, 0.3) is 11.1 Å². The number of fused-ring (bicyclic) bond motifs is 2. The van der Waals surface area contributed by atoms with Gasteiger partial charge in [0, 0.05) is 44.5 Å². The van der Waals surface area contributed by atoms with Gasteiger partial charge in [0.05, 0.1) is 5.56 Å². The molecule has 11 heteroatoms. The van der Waals surface area contributed by atoms with Crippen molar-refractivity contribution in [1.82, 2.24) is 10.2 Å². The highest BCUT2D eigenvalue weighted by Gasteiger charge is 2.55. The summed E-state index contributed by atoms with van der Waals surface area (Å²) in [6, 6.07) is 15.2. The molecule has 5 rings (SSSR count). The van der Waals surface area contributed by atoms with Gasteiger partial charge in [0.1, 0.15) is 5.60 Å². The summed E-state index contributed by atoms with van der Waals surface area (Å²) in [6.07, 6.45) is -0.532. The molecule has 0 saturated carbocycles. The van der Waals surface area contributed by atoms with E-state index in [0.29, 0.717) is 13.0 Å². The van der Waals surface area contributed by atoms with E-state index in [2.05, 4.69) is 5.32 Å². The second-order valence-electron chi connectivity index (χ2n) is 10.7. The lowest BCUT2D eigenvalue weighted by molar-refractivity contribution is -0.146. The molecule has 3 aromatic carbocycles. The zero-order chi connectivity index (χ0) is 30.9. The van der Waals surface area contributed by atoms with Crippen LogP contribution in [0.2, 0.25) is 0 Å². The van der Waals surface area contributed by atoms with Crippen molar-refractivity contribution in [1.29, 1.82) is 0 Å². The van der Waals surface area contributed by atoms with Gasteiger partial charge >= 0.3 is 18.0 Å². The van der Waals surface area contributed by atoms with Crippen LogP contribution < -0.4 is 5.32 Å². The number of hydrogen-bond acceptors (Lipinski definition) is 6. The van der Waals surface area contributed by atoms with Crippen molar-refractivity contribution in [2.24, 2.45) is 0 Å².